The minimum absolute atomic E-state index is 0.0311. The Morgan fingerprint density at radius 2 is 2.29 bits per heavy atom. The molecule has 1 aromatic heterocycles. The van der Waals surface area contributed by atoms with E-state index in [2.05, 4.69) is 15.0 Å². The van der Waals surface area contributed by atoms with Crippen molar-refractivity contribution in [2.45, 2.75) is 19.0 Å². The van der Waals surface area contributed by atoms with Crippen LogP contribution in [0.3, 0.4) is 0 Å². The molecule has 0 fully saturated rings. The molecule has 0 aliphatic carbocycles. The quantitative estimate of drug-likeness (QED) is 0.659. The van der Waals surface area contributed by atoms with Gasteiger partial charge in [0.05, 0.1) is 13.3 Å². The summed E-state index contributed by atoms with van der Waals surface area (Å²) in [5, 5.41) is 3.13. The van der Waals surface area contributed by atoms with Crippen LogP contribution in [0.1, 0.15) is 22.5 Å². The van der Waals surface area contributed by atoms with Crippen LogP contribution in [0.2, 0.25) is 0 Å². The molecular weight excluding hydrogens is 257 g/mol. The summed E-state index contributed by atoms with van der Waals surface area (Å²) in [7, 11) is 1.25. The van der Waals surface area contributed by atoms with Crippen molar-refractivity contribution in [3.05, 3.63) is 11.1 Å². The highest BCUT2D eigenvalue weighted by Crippen LogP contribution is 2.22. The maximum Gasteiger partial charge on any atom is 0.389 e. The molecule has 4 nitrogen and oxygen atoms in total. The number of alkyl halides is 3. The standard InChI is InChI=1S/C9H11F3N2O2S/c1-16-7(15)6-5-14-8(17-6)13-4-2-3-9(10,11)12/h5H,2-4H2,1H3,(H,13,14). The summed E-state index contributed by atoms with van der Waals surface area (Å²) in [6.45, 7) is 0.160. The first-order chi connectivity index (χ1) is 7.92. The molecule has 0 aliphatic heterocycles. The molecule has 0 atom stereocenters. The van der Waals surface area contributed by atoms with Crippen molar-refractivity contribution in [2.75, 3.05) is 19.0 Å². The Kier molecular flexibility index (Phi) is 4.73. The van der Waals surface area contributed by atoms with Gasteiger partial charge in [0.1, 0.15) is 4.88 Å². The van der Waals surface area contributed by atoms with E-state index in [-0.39, 0.29) is 13.0 Å². The van der Waals surface area contributed by atoms with E-state index < -0.39 is 18.6 Å². The average Bonchev–Trinajstić information content (AvgIpc) is 2.70. The van der Waals surface area contributed by atoms with Crippen LogP contribution >= 0.6 is 11.3 Å². The lowest BCUT2D eigenvalue weighted by molar-refractivity contribution is -0.134. The van der Waals surface area contributed by atoms with Crippen molar-refractivity contribution >= 4 is 22.4 Å². The number of methoxy groups -OCH3 is 1. The first-order valence-corrected chi connectivity index (χ1v) is 5.59. The molecule has 0 saturated heterocycles. The zero-order chi connectivity index (χ0) is 12.9. The number of anilines is 1. The van der Waals surface area contributed by atoms with E-state index in [1.165, 1.54) is 13.3 Å². The number of ether oxygens (including phenoxy) is 1. The van der Waals surface area contributed by atoms with E-state index in [1.807, 2.05) is 0 Å². The van der Waals surface area contributed by atoms with Gasteiger partial charge in [0.25, 0.3) is 0 Å². The molecule has 0 radical (unpaired) electrons. The number of thiazole rings is 1. The van der Waals surface area contributed by atoms with Gasteiger partial charge in [-0.25, -0.2) is 9.78 Å². The predicted molar refractivity (Wildman–Crippen MR) is 57.2 cm³/mol. The van der Waals surface area contributed by atoms with E-state index in [1.54, 1.807) is 0 Å². The molecule has 0 saturated carbocycles. The van der Waals surface area contributed by atoms with Crippen LogP contribution in [0.25, 0.3) is 0 Å². The van der Waals surface area contributed by atoms with Crippen LogP contribution in [-0.2, 0) is 4.74 Å². The first-order valence-electron chi connectivity index (χ1n) is 4.77. The van der Waals surface area contributed by atoms with E-state index in [9.17, 15) is 18.0 Å². The third kappa shape index (κ3) is 5.03. The molecule has 1 rings (SSSR count). The second-order valence-electron chi connectivity index (χ2n) is 3.17. The number of esters is 1. The fourth-order valence-corrected chi connectivity index (χ4v) is 1.79. The zero-order valence-electron chi connectivity index (χ0n) is 9.00. The Labute approximate surface area is 99.8 Å². The molecule has 8 heteroatoms. The highest BCUT2D eigenvalue weighted by Gasteiger charge is 2.25. The largest absolute Gasteiger partial charge is 0.465 e. The van der Waals surface area contributed by atoms with E-state index >= 15 is 0 Å². The highest BCUT2D eigenvalue weighted by atomic mass is 32.1. The number of hydrogen-bond donors (Lipinski definition) is 1. The van der Waals surface area contributed by atoms with Crippen molar-refractivity contribution in [1.29, 1.82) is 0 Å². The van der Waals surface area contributed by atoms with Gasteiger partial charge in [-0.15, -0.1) is 0 Å². The number of aromatic nitrogens is 1. The highest BCUT2D eigenvalue weighted by molar-refractivity contribution is 7.17. The van der Waals surface area contributed by atoms with Crippen LogP contribution in [-0.4, -0.2) is 30.8 Å². The van der Waals surface area contributed by atoms with Crippen molar-refractivity contribution in [1.82, 2.24) is 4.98 Å². The van der Waals surface area contributed by atoms with Crippen LogP contribution in [0.5, 0.6) is 0 Å². The van der Waals surface area contributed by atoms with Gasteiger partial charge < -0.3 is 10.1 Å². The van der Waals surface area contributed by atoms with E-state index in [0.29, 0.717) is 10.0 Å². The molecule has 0 amide bonds. The van der Waals surface area contributed by atoms with Gasteiger partial charge in [-0.05, 0) is 6.42 Å². The molecule has 96 valence electrons. The van der Waals surface area contributed by atoms with Gasteiger partial charge in [-0.3, -0.25) is 0 Å². The van der Waals surface area contributed by atoms with Gasteiger partial charge in [0, 0.05) is 13.0 Å². The van der Waals surface area contributed by atoms with Crippen LogP contribution in [0.15, 0.2) is 6.20 Å². The maximum absolute atomic E-state index is 11.8. The molecule has 0 spiro atoms. The number of nitrogens with one attached hydrogen (secondary N) is 1. The lowest BCUT2D eigenvalue weighted by atomic mass is 10.3. The molecule has 0 bridgehead atoms. The number of carbonyl (C=O) groups is 1. The maximum atomic E-state index is 11.8. The van der Waals surface area contributed by atoms with Crippen LogP contribution < -0.4 is 5.32 Å². The molecule has 1 N–H and O–H groups in total. The molecule has 17 heavy (non-hydrogen) atoms. The Hall–Kier alpha value is -1.31. The third-order valence-electron chi connectivity index (χ3n) is 1.81. The summed E-state index contributed by atoms with van der Waals surface area (Å²) in [6, 6.07) is 0. The summed E-state index contributed by atoms with van der Waals surface area (Å²) in [6.07, 6.45) is -3.68. The van der Waals surface area contributed by atoms with Crippen LogP contribution in [0.4, 0.5) is 18.3 Å². The molecule has 0 unspecified atom stereocenters. The summed E-state index contributed by atoms with van der Waals surface area (Å²) >= 11 is 1.05. The predicted octanol–water partition coefficient (Wildman–Crippen LogP) is 2.68. The van der Waals surface area contributed by atoms with Crippen molar-refractivity contribution in [3.63, 3.8) is 0 Å². The van der Waals surface area contributed by atoms with E-state index in [0.717, 1.165) is 11.3 Å². The minimum atomic E-state index is -4.14. The second kappa shape index (κ2) is 5.85. The number of nitrogens with zero attached hydrogens (tertiary/aromatic N) is 1. The smallest absolute Gasteiger partial charge is 0.389 e. The number of hydrogen-bond acceptors (Lipinski definition) is 5. The van der Waals surface area contributed by atoms with Crippen molar-refractivity contribution < 1.29 is 22.7 Å². The summed E-state index contributed by atoms with van der Waals surface area (Å²) in [4.78, 5) is 15.2. The summed E-state index contributed by atoms with van der Waals surface area (Å²) < 4.78 is 40.0. The Morgan fingerprint density at radius 1 is 1.59 bits per heavy atom. The van der Waals surface area contributed by atoms with Crippen LogP contribution in [0, 0.1) is 0 Å². The van der Waals surface area contributed by atoms with Gasteiger partial charge in [-0.1, -0.05) is 11.3 Å². The first kappa shape index (κ1) is 13.8. The fourth-order valence-electron chi connectivity index (χ4n) is 1.03. The normalized spacial score (nSPS) is 11.3. The van der Waals surface area contributed by atoms with Gasteiger partial charge >= 0.3 is 12.1 Å². The average molecular weight is 268 g/mol. The summed E-state index contributed by atoms with van der Waals surface area (Å²) in [5.41, 5.74) is 0. The topological polar surface area (TPSA) is 51.2 Å². The van der Waals surface area contributed by atoms with Crippen molar-refractivity contribution in [2.24, 2.45) is 0 Å². The summed E-state index contributed by atoms with van der Waals surface area (Å²) in [5.74, 6) is -0.508. The SMILES string of the molecule is COC(=O)c1cnc(NCCCC(F)(F)F)s1. The third-order valence-corrected chi connectivity index (χ3v) is 2.74. The minimum Gasteiger partial charge on any atom is -0.465 e. The van der Waals surface area contributed by atoms with Crippen molar-refractivity contribution in [3.8, 4) is 0 Å². The molecule has 0 aliphatic rings. The molecule has 1 aromatic rings. The molecule has 1 heterocycles. The Morgan fingerprint density at radius 3 is 2.88 bits per heavy atom. The molecule has 0 aromatic carbocycles. The lowest BCUT2D eigenvalue weighted by Gasteiger charge is -2.05. The second-order valence-corrected chi connectivity index (χ2v) is 4.20. The monoisotopic (exact) mass is 268 g/mol. The Balaban J connectivity index is 2.33. The fraction of sp³-hybridized carbons (Fsp3) is 0.556. The Bertz CT molecular complexity index is 379. The lowest BCUT2D eigenvalue weighted by Crippen LogP contribution is -2.10. The van der Waals surface area contributed by atoms with Gasteiger partial charge in [0.2, 0.25) is 0 Å². The molecular formula is C9H11F3N2O2S. The van der Waals surface area contributed by atoms with E-state index in [4.69, 9.17) is 0 Å². The zero-order valence-corrected chi connectivity index (χ0v) is 9.82. The number of carbonyl (C=O) groups excluding carboxylic acids is 1. The van der Waals surface area contributed by atoms with Gasteiger partial charge in [-0.2, -0.15) is 13.2 Å². The number of rotatable bonds is 5. The van der Waals surface area contributed by atoms with Gasteiger partial charge in [0.15, 0.2) is 5.13 Å². The number of halogens is 3.